The van der Waals surface area contributed by atoms with Crippen molar-refractivity contribution >= 4 is 11.4 Å². The fourth-order valence-electron chi connectivity index (χ4n) is 1.88. The Morgan fingerprint density at radius 3 is 1.80 bits per heavy atom. The Labute approximate surface area is 113 Å². The van der Waals surface area contributed by atoms with Crippen molar-refractivity contribution in [2.24, 2.45) is 0 Å². The zero-order chi connectivity index (χ0) is 14.7. The lowest BCUT2D eigenvalue weighted by Crippen LogP contribution is -1.99. The lowest BCUT2D eigenvalue weighted by atomic mass is 10.0. The third-order valence-electron chi connectivity index (χ3n) is 2.75. The van der Waals surface area contributed by atoms with Crippen molar-refractivity contribution in [1.82, 2.24) is 0 Å². The van der Waals surface area contributed by atoms with Gasteiger partial charge in [0.05, 0.1) is 17.0 Å². The van der Waals surface area contributed by atoms with Crippen LogP contribution in [-0.4, -0.2) is 17.0 Å². The normalized spacial score (nSPS) is 10.1. The summed E-state index contributed by atoms with van der Waals surface area (Å²) < 4.78 is 4.81. The van der Waals surface area contributed by atoms with Gasteiger partial charge in [0.25, 0.3) is 5.75 Å². The van der Waals surface area contributed by atoms with Gasteiger partial charge in [0.15, 0.2) is 0 Å². The minimum atomic E-state index is -0.696. The van der Waals surface area contributed by atoms with Gasteiger partial charge in [0.1, 0.15) is 0 Å². The van der Waals surface area contributed by atoms with Gasteiger partial charge in [-0.25, -0.2) is 0 Å². The van der Waals surface area contributed by atoms with Gasteiger partial charge in [-0.1, -0.05) is 30.3 Å². The second kappa shape index (κ2) is 5.35. The second-order valence-corrected chi connectivity index (χ2v) is 3.93. The van der Waals surface area contributed by atoms with Gasteiger partial charge in [-0.2, -0.15) is 0 Å². The molecule has 0 aliphatic rings. The smallest absolute Gasteiger partial charge is 0.318 e. The van der Waals surface area contributed by atoms with Gasteiger partial charge in [-0.15, -0.1) is 0 Å². The van der Waals surface area contributed by atoms with E-state index in [4.69, 9.17) is 4.74 Å². The van der Waals surface area contributed by atoms with Crippen molar-refractivity contribution in [1.29, 1.82) is 0 Å². The van der Waals surface area contributed by atoms with Crippen LogP contribution in [-0.2, 0) is 0 Å². The number of nitro groups is 2. The molecule has 0 aliphatic heterocycles. The van der Waals surface area contributed by atoms with Crippen LogP contribution in [0.3, 0.4) is 0 Å². The first-order valence-corrected chi connectivity index (χ1v) is 5.61. The quantitative estimate of drug-likeness (QED) is 0.630. The van der Waals surface area contributed by atoms with Crippen LogP contribution in [0.5, 0.6) is 5.75 Å². The first kappa shape index (κ1) is 13.5. The van der Waals surface area contributed by atoms with E-state index in [2.05, 4.69) is 0 Å². The average Bonchev–Trinajstić information content (AvgIpc) is 2.46. The molecule has 0 atom stereocenters. The number of methoxy groups -OCH3 is 1. The van der Waals surface area contributed by atoms with Gasteiger partial charge in [0.2, 0.25) is 0 Å². The van der Waals surface area contributed by atoms with E-state index in [0.29, 0.717) is 11.1 Å². The van der Waals surface area contributed by atoms with E-state index >= 15 is 0 Å². The molecule has 2 aromatic carbocycles. The van der Waals surface area contributed by atoms with Crippen LogP contribution >= 0.6 is 0 Å². The number of nitro benzene ring substituents is 2. The molecule has 0 aliphatic carbocycles. The van der Waals surface area contributed by atoms with Gasteiger partial charge in [0, 0.05) is 12.1 Å². The molecule has 0 saturated carbocycles. The van der Waals surface area contributed by atoms with Crippen molar-refractivity contribution in [3.05, 3.63) is 62.7 Å². The monoisotopic (exact) mass is 274 g/mol. The van der Waals surface area contributed by atoms with Gasteiger partial charge in [-0.05, 0) is 11.1 Å². The molecule has 2 aromatic rings. The minimum Gasteiger partial charge on any atom is -0.485 e. The third kappa shape index (κ3) is 2.41. The molecule has 0 bridgehead atoms. The highest BCUT2D eigenvalue weighted by Crippen LogP contribution is 2.40. The molecule has 2 rings (SSSR count). The summed E-state index contributed by atoms with van der Waals surface area (Å²) in [5.41, 5.74) is 0.187. The first-order valence-electron chi connectivity index (χ1n) is 5.61. The molecule has 102 valence electrons. The summed E-state index contributed by atoms with van der Waals surface area (Å²) in [5.74, 6) is -0.348. The minimum absolute atomic E-state index is 0.348. The van der Waals surface area contributed by atoms with E-state index in [0.717, 1.165) is 7.11 Å². The zero-order valence-corrected chi connectivity index (χ0v) is 10.5. The van der Waals surface area contributed by atoms with Crippen molar-refractivity contribution in [3.63, 3.8) is 0 Å². The molecule has 0 heterocycles. The van der Waals surface area contributed by atoms with E-state index in [9.17, 15) is 20.2 Å². The van der Waals surface area contributed by atoms with E-state index < -0.39 is 21.2 Å². The maximum absolute atomic E-state index is 11.0. The molecule has 0 fully saturated rings. The molecule has 0 unspecified atom stereocenters. The van der Waals surface area contributed by atoms with Crippen molar-refractivity contribution in [2.75, 3.05) is 7.11 Å². The van der Waals surface area contributed by atoms with Crippen LogP contribution in [0, 0.1) is 20.2 Å². The van der Waals surface area contributed by atoms with E-state index in [1.807, 2.05) is 0 Å². The summed E-state index contributed by atoms with van der Waals surface area (Å²) in [4.78, 5) is 20.7. The standard InChI is InChI=1S/C13H10N2O5/c1-20-13-11(14(16)17)7-10(8-12(13)15(18)19)9-5-3-2-4-6-9/h2-8H,1H3. The summed E-state index contributed by atoms with van der Waals surface area (Å²) in [6, 6.07) is 11.2. The average molecular weight is 274 g/mol. The van der Waals surface area contributed by atoms with E-state index in [1.165, 1.54) is 12.1 Å². The van der Waals surface area contributed by atoms with Crippen molar-refractivity contribution in [2.45, 2.75) is 0 Å². The molecule has 7 heteroatoms. The Kier molecular flexibility index (Phi) is 3.60. The summed E-state index contributed by atoms with van der Waals surface area (Å²) >= 11 is 0. The van der Waals surface area contributed by atoms with Crippen LogP contribution in [0.2, 0.25) is 0 Å². The number of hydrogen-bond acceptors (Lipinski definition) is 5. The molecule has 0 aromatic heterocycles. The molecular formula is C13H10N2O5. The summed E-state index contributed by atoms with van der Waals surface area (Å²) in [5, 5.41) is 22.1. The molecule has 0 radical (unpaired) electrons. The van der Waals surface area contributed by atoms with Crippen LogP contribution < -0.4 is 4.74 Å². The van der Waals surface area contributed by atoms with Gasteiger partial charge >= 0.3 is 11.4 Å². The number of nitrogens with zero attached hydrogens (tertiary/aromatic N) is 2. The predicted octanol–water partition coefficient (Wildman–Crippen LogP) is 3.18. The van der Waals surface area contributed by atoms with Crippen LogP contribution in [0.4, 0.5) is 11.4 Å². The maximum Gasteiger partial charge on any atom is 0.318 e. The Bertz CT molecular complexity index is 635. The lowest BCUT2D eigenvalue weighted by Gasteiger charge is -2.06. The lowest BCUT2D eigenvalue weighted by molar-refractivity contribution is -0.395. The number of rotatable bonds is 4. The first-order chi connectivity index (χ1) is 9.54. The Morgan fingerprint density at radius 1 is 0.900 bits per heavy atom. The zero-order valence-electron chi connectivity index (χ0n) is 10.5. The molecule has 7 nitrogen and oxygen atoms in total. The molecule has 0 amide bonds. The molecule has 0 saturated heterocycles. The van der Waals surface area contributed by atoms with E-state index in [-0.39, 0.29) is 5.75 Å². The maximum atomic E-state index is 11.0. The molecule has 0 spiro atoms. The highest BCUT2D eigenvalue weighted by atomic mass is 16.6. The second-order valence-electron chi connectivity index (χ2n) is 3.93. The van der Waals surface area contributed by atoms with Crippen molar-refractivity contribution in [3.8, 4) is 16.9 Å². The van der Waals surface area contributed by atoms with Crippen LogP contribution in [0.15, 0.2) is 42.5 Å². The topological polar surface area (TPSA) is 95.5 Å². The largest absolute Gasteiger partial charge is 0.485 e. The molecular weight excluding hydrogens is 264 g/mol. The third-order valence-corrected chi connectivity index (χ3v) is 2.75. The highest BCUT2D eigenvalue weighted by Gasteiger charge is 2.28. The number of ether oxygens (including phenoxy) is 1. The number of hydrogen-bond donors (Lipinski definition) is 0. The fraction of sp³-hybridized carbons (Fsp3) is 0.0769. The molecule has 0 N–H and O–H groups in total. The SMILES string of the molecule is COc1c([N+](=O)[O-])cc(-c2ccccc2)cc1[N+](=O)[O-]. The van der Waals surface area contributed by atoms with Crippen LogP contribution in [0.1, 0.15) is 0 Å². The molecule has 20 heavy (non-hydrogen) atoms. The predicted molar refractivity (Wildman–Crippen MR) is 71.7 cm³/mol. The Morgan fingerprint density at radius 2 is 1.40 bits per heavy atom. The summed E-state index contributed by atoms with van der Waals surface area (Å²) in [7, 11) is 1.16. The van der Waals surface area contributed by atoms with E-state index in [1.54, 1.807) is 30.3 Å². The summed E-state index contributed by atoms with van der Waals surface area (Å²) in [6.45, 7) is 0. The summed E-state index contributed by atoms with van der Waals surface area (Å²) in [6.07, 6.45) is 0. The van der Waals surface area contributed by atoms with Crippen LogP contribution in [0.25, 0.3) is 11.1 Å². The number of benzene rings is 2. The Hall–Kier alpha value is -2.96. The fourth-order valence-corrected chi connectivity index (χ4v) is 1.88. The van der Waals surface area contributed by atoms with Crippen molar-refractivity contribution < 1.29 is 14.6 Å². The Balaban J connectivity index is 2.73. The van der Waals surface area contributed by atoms with Gasteiger partial charge < -0.3 is 4.74 Å². The van der Waals surface area contributed by atoms with Gasteiger partial charge in [-0.3, -0.25) is 20.2 Å². The highest BCUT2D eigenvalue weighted by molar-refractivity contribution is 5.74.